The molecule has 2 aliphatic heterocycles. The second-order valence-electron chi connectivity index (χ2n) is 15.9. The molecule has 0 aromatic heterocycles. The Hall–Kier alpha value is -2.71. The third-order valence-corrected chi connectivity index (χ3v) is 13.4. The zero-order chi connectivity index (χ0) is 32.6. The molecule has 0 radical (unpaired) electrons. The second-order valence-corrected chi connectivity index (χ2v) is 15.9. The summed E-state index contributed by atoms with van der Waals surface area (Å²) < 4.78 is 31.5. The van der Waals surface area contributed by atoms with Gasteiger partial charge in [-0.3, -0.25) is 9.59 Å². The van der Waals surface area contributed by atoms with E-state index in [4.69, 9.17) is 23.7 Å². The number of hydrogen-bond donors (Lipinski definition) is 0. The molecule has 6 aliphatic rings. The normalized spacial score (nSPS) is 45.6. The maximum Gasteiger partial charge on any atom is 0.338 e. The van der Waals surface area contributed by atoms with Gasteiger partial charge in [0.2, 0.25) is 0 Å². The number of esters is 3. The van der Waals surface area contributed by atoms with Gasteiger partial charge >= 0.3 is 17.9 Å². The van der Waals surface area contributed by atoms with E-state index < -0.39 is 16.8 Å². The van der Waals surface area contributed by atoms with E-state index in [2.05, 4.69) is 26.8 Å². The lowest BCUT2D eigenvalue weighted by molar-refractivity contribution is -0.256. The van der Waals surface area contributed by atoms with Crippen molar-refractivity contribution < 1.29 is 38.1 Å². The fourth-order valence-electron chi connectivity index (χ4n) is 11.1. The molecule has 7 rings (SSSR count). The number of carbonyl (C=O) groups is 3. The molecule has 1 aromatic carbocycles. The Morgan fingerprint density at radius 3 is 2.39 bits per heavy atom. The number of ether oxygens (including phenoxy) is 5. The summed E-state index contributed by atoms with van der Waals surface area (Å²) in [4.78, 5) is 37.2. The molecule has 4 aliphatic carbocycles. The molecule has 250 valence electrons. The highest BCUT2D eigenvalue weighted by Gasteiger charge is 2.71. The lowest BCUT2D eigenvalue weighted by Gasteiger charge is -2.61. The highest BCUT2D eigenvalue weighted by atomic mass is 16.7. The van der Waals surface area contributed by atoms with Crippen LogP contribution in [0.3, 0.4) is 0 Å². The lowest BCUT2D eigenvalue weighted by Crippen LogP contribution is -2.58. The topological polar surface area (TPSA) is 97.4 Å². The van der Waals surface area contributed by atoms with Crippen LogP contribution in [0, 0.1) is 40.4 Å². The Kier molecular flexibility index (Phi) is 7.75. The van der Waals surface area contributed by atoms with Crippen LogP contribution in [0.2, 0.25) is 0 Å². The predicted molar refractivity (Wildman–Crippen MR) is 169 cm³/mol. The number of fused-ring (bicyclic) bond motifs is 7. The Morgan fingerprint density at radius 1 is 0.913 bits per heavy atom. The second kappa shape index (κ2) is 11.2. The summed E-state index contributed by atoms with van der Waals surface area (Å²) >= 11 is 0. The van der Waals surface area contributed by atoms with Crippen LogP contribution in [0.1, 0.15) is 103 Å². The maximum absolute atomic E-state index is 13.8. The molecule has 0 amide bonds. The van der Waals surface area contributed by atoms with Gasteiger partial charge < -0.3 is 23.7 Å². The van der Waals surface area contributed by atoms with E-state index >= 15 is 0 Å². The molecule has 1 aromatic rings. The van der Waals surface area contributed by atoms with Crippen LogP contribution in [0.25, 0.3) is 0 Å². The van der Waals surface area contributed by atoms with Crippen molar-refractivity contribution in [3.05, 3.63) is 47.5 Å². The number of hydrogen-bond acceptors (Lipinski definition) is 8. The van der Waals surface area contributed by atoms with Gasteiger partial charge in [-0.05, 0) is 87.2 Å². The Balaban J connectivity index is 1.22. The Morgan fingerprint density at radius 2 is 1.67 bits per heavy atom. The quantitative estimate of drug-likeness (QED) is 0.198. The highest BCUT2D eigenvalue weighted by Crippen LogP contribution is 2.70. The molecule has 2 saturated heterocycles. The summed E-state index contributed by atoms with van der Waals surface area (Å²) in [5.41, 5.74) is 1.01. The van der Waals surface area contributed by atoms with Crippen LogP contribution in [0.4, 0.5) is 0 Å². The van der Waals surface area contributed by atoms with E-state index in [1.165, 1.54) is 19.4 Å². The van der Waals surface area contributed by atoms with Crippen LogP contribution < -0.4 is 0 Å². The molecule has 8 nitrogen and oxygen atoms in total. The summed E-state index contributed by atoms with van der Waals surface area (Å²) in [6.07, 6.45) is 9.13. The van der Waals surface area contributed by atoms with Crippen molar-refractivity contribution in [1.29, 1.82) is 0 Å². The van der Waals surface area contributed by atoms with Crippen LogP contribution in [0.15, 0.2) is 42.0 Å². The van der Waals surface area contributed by atoms with E-state index in [9.17, 15) is 14.4 Å². The molecule has 0 N–H and O–H groups in total. The molecule has 0 bridgehead atoms. The fraction of sp³-hybridized carbons (Fsp3) is 0.711. The standard InChI is InChI=1S/C38H50O8/c1-22-33-31(45-38(22)17-16-35(4,46-38)21-42-23(2)39)19-30-28-13-12-26-18-27(43-24(3)40)14-15-36(26,5)29(28)20-32(37(30,33)6)44-34(41)25-10-8-7-9-11-25/h7-11,19,22,26-29,31-33H,12-18,20-21H2,1-6H3/t22-,26-,27-,28+,29-,31-,32-,33-,35-,36-,37+,38-/m0/s1. The van der Waals surface area contributed by atoms with Crippen molar-refractivity contribution in [2.24, 2.45) is 40.4 Å². The van der Waals surface area contributed by atoms with Crippen molar-refractivity contribution in [3.63, 3.8) is 0 Å². The first-order valence-corrected chi connectivity index (χ1v) is 17.4. The molecule has 46 heavy (non-hydrogen) atoms. The average molecular weight is 635 g/mol. The van der Waals surface area contributed by atoms with Gasteiger partial charge in [0.15, 0.2) is 5.79 Å². The monoisotopic (exact) mass is 634 g/mol. The van der Waals surface area contributed by atoms with Crippen molar-refractivity contribution in [1.82, 2.24) is 0 Å². The SMILES string of the molecule is CC(=O)OC[C@]1(C)CC[C@]2(O[C@H]3C=C4[C@@H]5CC[C@H]6C[C@@H](OC(C)=O)CC[C@]6(C)[C@H]5C[C@H](OC(=O)c5ccccc5)[C@]4(C)[C@H]3[C@@H]2C)O1. The van der Waals surface area contributed by atoms with E-state index in [0.29, 0.717) is 23.3 Å². The molecule has 1 spiro atoms. The van der Waals surface area contributed by atoms with Crippen LogP contribution in [-0.2, 0) is 33.3 Å². The smallest absolute Gasteiger partial charge is 0.338 e. The van der Waals surface area contributed by atoms with Gasteiger partial charge in [-0.1, -0.05) is 50.6 Å². The van der Waals surface area contributed by atoms with Gasteiger partial charge in [0.25, 0.3) is 0 Å². The summed E-state index contributed by atoms with van der Waals surface area (Å²) in [6.45, 7) is 12.1. The summed E-state index contributed by atoms with van der Waals surface area (Å²) in [7, 11) is 0. The third kappa shape index (κ3) is 4.96. The Labute approximate surface area is 272 Å². The van der Waals surface area contributed by atoms with E-state index in [1.54, 1.807) is 0 Å². The maximum atomic E-state index is 13.8. The molecule has 8 heteroatoms. The highest BCUT2D eigenvalue weighted by molar-refractivity contribution is 5.89. The van der Waals surface area contributed by atoms with E-state index in [1.807, 2.05) is 37.3 Å². The minimum absolute atomic E-state index is 0.0128. The minimum Gasteiger partial charge on any atom is -0.463 e. The van der Waals surface area contributed by atoms with Gasteiger partial charge in [-0.15, -0.1) is 0 Å². The van der Waals surface area contributed by atoms with Crippen LogP contribution in [0.5, 0.6) is 0 Å². The first-order valence-electron chi connectivity index (χ1n) is 17.4. The van der Waals surface area contributed by atoms with Crippen molar-refractivity contribution in [2.45, 2.75) is 123 Å². The van der Waals surface area contributed by atoms with Gasteiger partial charge in [-0.2, -0.15) is 0 Å². The molecule has 5 fully saturated rings. The zero-order valence-corrected chi connectivity index (χ0v) is 28.2. The fourth-order valence-corrected chi connectivity index (χ4v) is 11.1. The van der Waals surface area contributed by atoms with Gasteiger partial charge in [-0.25, -0.2) is 4.79 Å². The minimum atomic E-state index is -0.779. The van der Waals surface area contributed by atoms with E-state index in [0.717, 1.165) is 51.4 Å². The van der Waals surface area contributed by atoms with Crippen molar-refractivity contribution in [2.75, 3.05) is 6.61 Å². The number of carbonyl (C=O) groups excluding carboxylic acids is 3. The zero-order valence-electron chi connectivity index (χ0n) is 28.2. The average Bonchev–Trinajstić information content (AvgIpc) is 3.61. The molecular weight excluding hydrogens is 584 g/mol. The predicted octanol–water partition coefficient (Wildman–Crippen LogP) is 6.81. The first-order chi connectivity index (χ1) is 21.8. The lowest BCUT2D eigenvalue weighted by atomic mass is 9.45. The van der Waals surface area contributed by atoms with Crippen LogP contribution in [-0.4, -0.2) is 54.2 Å². The van der Waals surface area contributed by atoms with Gasteiger partial charge in [0, 0.05) is 37.5 Å². The van der Waals surface area contributed by atoms with Crippen molar-refractivity contribution >= 4 is 17.9 Å². The summed E-state index contributed by atoms with van der Waals surface area (Å²) in [5, 5.41) is 0. The molecule has 0 unspecified atom stereocenters. The van der Waals surface area contributed by atoms with Crippen molar-refractivity contribution in [3.8, 4) is 0 Å². The number of benzene rings is 1. The molecule has 3 saturated carbocycles. The van der Waals surface area contributed by atoms with E-state index in [-0.39, 0.29) is 60.1 Å². The summed E-state index contributed by atoms with van der Waals surface area (Å²) in [5.74, 6) is -0.245. The molecule has 12 atom stereocenters. The van der Waals surface area contributed by atoms with Gasteiger partial charge in [0.05, 0.1) is 11.7 Å². The molecular formula is C38H50O8. The van der Waals surface area contributed by atoms with Gasteiger partial charge in [0.1, 0.15) is 24.4 Å². The largest absolute Gasteiger partial charge is 0.463 e. The van der Waals surface area contributed by atoms with Crippen LogP contribution >= 0.6 is 0 Å². The summed E-state index contributed by atoms with van der Waals surface area (Å²) in [6, 6.07) is 9.31. The first kappa shape index (κ1) is 31.9. The molecule has 2 heterocycles. The number of rotatable bonds is 5. The Bertz CT molecular complexity index is 1420. The third-order valence-electron chi connectivity index (χ3n) is 13.4.